The second-order valence-electron chi connectivity index (χ2n) is 7.64. The van der Waals surface area contributed by atoms with Crippen molar-refractivity contribution in [2.45, 2.75) is 32.1 Å². The van der Waals surface area contributed by atoms with Crippen LogP contribution in [0.3, 0.4) is 0 Å². The van der Waals surface area contributed by atoms with E-state index in [0.29, 0.717) is 10.7 Å². The van der Waals surface area contributed by atoms with Crippen LogP contribution < -0.4 is 10.6 Å². The Morgan fingerprint density at radius 2 is 1.79 bits per heavy atom. The number of nitrogens with one attached hydrogen (secondary N) is 2. The molecule has 0 saturated carbocycles. The summed E-state index contributed by atoms with van der Waals surface area (Å²) in [4.78, 5) is 17.2. The van der Waals surface area contributed by atoms with Crippen molar-refractivity contribution in [3.05, 3.63) is 58.7 Å². The third kappa shape index (κ3) is 4.33. The average molecular weight is 430 g/mol. The molecule has 4 rings (SSSR count). The lowest BCUT2D eigenvalue weighted by Gasteiger charge is -2.12. The Balaban J connectivity index is 1.49. The first-order chi connectivity index (χ1) is 13.7. The second-order valence-corrected chi connectivity index (χ2v) is 11.0. The highest BCUT2D eigenvalue weighted by Crippen LogP contribution is 2.35. The first-order valence-corrected chi connectivity index (χ1v) is 12.1. The maximum atomic E-state index is 12.7. The summed E-state index contributed by atoms with van der Waals surface area (Å²) >= 11 is 1.47. The number of nitrogens with zero attached hydrogens (tertiary/aromatic N) is 1. The highest BCUT2D eigenvalue weighted by atomic mass is 32.2. The molecule has 2 heterocycles. The maximum Gasteiger partial charge on any atom is 0.255 e. The lowest BCUT2D eigenvalue weighted by molar-refractivity contribution is 0.102. The van der Waals surface area contributed by atoms with E-state index in [1.54, 1.807) is 12.1 Å². The van der Waals surface area contributed by atoms with Crippen LogP contribution in [0.4, 0.5) is 11.4 Å². The van der Waals surface area contributed by atoms with Crippen LogP contribution in [0.2, 0.25) is 0 Å². The summed E-state index contributed by atoms with van der Waals surface area (Å²) < 4.78 is 23.5. The molecule has 2 aliphatic rings. The topological polar surface area (TPSA) is 87.6 Å². The zero-order chi connectivity index (χ0) is 20.8. The fraction of sp³-hybridized carbons (Fsp3) is 0.333. The molecule has 0 aromatic heterocycles. The van der Waals surface area contributed by atoms with E-state index in [-0.39, 0.29) is 28.7 Å². The highest BCUT2D eigenvalue weighted by Gasteiger charge is 2.42. The summed E-state index contributed by atoms with van der Waals surface area (Å²) in [6.45, 7) is 6.00. The molecule has 0 spiro atoms. The smallest absolute Gasteiger partial charge is 0.255 e. The Kier molecular flexibility index (Phi) is 5.16. The molecule has 0 unspecified atom stereocenters. The number of amidine groups is 1. The van der Waals surface area contributed by atoms with Gasteiger partial charge in [-0.15, -0.1) is 0 Å². The SMILES string of the molecule is Cc1ccc(NC(=O)c2ccc(C)c(NC3=N[C@H]4CS(=O)(=O)C[C@H]4S3)c2)cc1C. The molecule has 2 atom stereocenters. The number of fused-ring (bicyclic) bond motifs is 1. The Morgan fingerprint density at radius 3 is 2.52 bits per heavy atom. The van der Waals surface area contributed by atoms with E-state index in [2.05, 4.69) is 15.6 Å². The van der Waals surface area contributed by atoms with Gasteiger partial charge in [0.2, 0.25) is 0 Å². The average Bonchev–Trinajstić information content (AvgIpc) is 3.12. The number of anilines is 2. The minimum Gasteiger partial charge on any atom is -0.335 e. The maximum absolute atomic E-state index is 12.7. The predicted molar refractivity (Wildman–Crippen MR) is 120 cm³/mol. The molecule has 29 heavy (non-hydrogen) atoms. The summed E-state index contributed by atoms with van der Waals surface area (Å²) in [7, 11) is -2.97. The van der Waals surface area contributed by atoms with Crippen molar-refractivity contribution in [2.24, 2.45) is 4.99 Å². The van der Waals surface area contributed by atoms with Gasteiger partial charge in [0.25, 0.3) is 5.91 Å². The molecule has 0 aliphatic carbocycles. The van der Waals surface area contributed by atoms with Crippen molar-refractivity contribution in [3.8, 4) is 0 Å². The van der Waals surface area contributed by atoms with Gasteiger partial charge in [-0.25, -0.2) is 8.42 Å². The van der Waals surface area contributed by atoms with E-state index >= 15 is 0 Å². The molecule has 2 aliphatic heterocycles. The first-order valence-electron chi connectivity index (χ1n) is 9.41. The standard InChI is InChI=1S/C21H23N3O3S2/c1-12-5-7-16(8-14(12)3)22-20(25)15-6-4-13(2)17(9-15)23-21-24-18-10-29(26,27)11-19(18)28-21/h4-9,18-19H,10-11H2,1-3H3,(H,22,25)(H,23,24)/t18-,19+/m0/s1. The molecule has 6 nitrogen and oxygen atoms in total. The largest absolute Gasteiger partial charge is 0.335 e. The number of amides is 1. The third-order valence-corrected chi connectivity index (χ3v) is 8.47. The molecule has 2 N–H and O–H groups in total. The van der Waals surface area contributed by atoms with E-state index in [1.807, 2.05) is 45.0 Å². The van der Waals surface area contributed by atoms with Crippen molar-refractivity contribution in [1.29, 1.82) is 0 Å². The lowest BCUT2D eigenvalue weighted by atomic mass is 10.1. The zero-order valence-electron chi connectivity index (χ0n) is 16.5. The molecule has 0 bridgehead atoms. The van der Waals surface area contributed by atoms with Crippen LogP contribution in [0.15, 0.2) is 41.4 Å². The Bertz CT molecular complexity index is 1130. The van der Waals surface area contributed by atoms with Gasteiger partial charge < -0.3 is 10.6 Å². The molecular formula is C21H23N3O3S2. The van der Waals surface area contributed by atoms with E-state index in [1.165, 1.54) is 17.3 Å². The van der Waals surface area contributed by atoms with E-state index in [0.717, 1.165) is 22.5 Å². The second kappa shape index (κ2) is 7.50. The Morgan fingerprint density at radius 1 is 1.03 bits per heavy atom. The van der Waals surface area contributed by atoms with Gasteiger partial charge in [0, 0.05) is 22.2 Å². The van der Waals surface area contributed by atoms with Gasteiger partial charge in [-0.05, 0) is 61.7 Å². The van der Waals surface area contributed by atoms with Crippen LogP contribution in [0.1, 0.15) is 27.0 Å². The summed E-state index contributed by atoms with van der Waals surface area (Å²) in [5.41, 5.74) is 5.39. The number of carbonyl (C=O) groups is 1. The van der Waals surface area contributed by atoms with Crippen molar-refractivity contribution in [1.82, 2.24) is 0 Å². The molecule has 2 aromatic rings. The van der Waals surface area contributed by atoms with Gasteiger partial charge in [0.1, 0.15) is 0 Å². The van der Waals surface area contributed by atoms with Gasteiger partial charge in [0.15, 0.2) is 15.0 Å². The molecule has 8 heteroatoms. The number of thioether (sulfide) groups is 1. The van der Waals surface area contributed by atoms with Crippen molar-refractivity contribution in [2.75, 3.05) is 22.1 Å². The number of aryl methyl sites for hydroxylation is 3. The third-order valence-electron chi connectivity index (χ3n) is 5.32. The number of carbonyl (C=O) groups excluding carboxylic acids is 1. The summed E-state index contributed by atoms with van der Waals surface area (Å²) in [6, 6.07) is 11.1. The van der Waals surface area contributed by atoms with Gasteiger partial charge in [-0.3, -0.25) is 9.79 Å². The minimum absolute atomic E-state index is 0.0148. The van der Waals surface area contributed by atoms with E-state index < -0.39 is 9.84 Å². The molecular weight excluding hydrogens is 406 g/mol. The summed E-state index contributed by atoms with van der Waals surface area (Å²) in [6.07, 6.45) is 0. The number of hydrogen-bond acceptors (Lipinski definition) is 6. The van der Waals surface area contributed by atoms with Crippen LogP contribution in [0, 0.1) is 20.8 Å². The van der Waals surface area contributed by atoms with Gasteiger partial charge in [0.05, 0.1) is 17.5 Å². The number of hydrogen-bond donors (Lipinski definition) is 2. The van der Waals surface area contributed by atoms with E-state index in [9.17, 15) is 13.2 Å². The summed E-state index contributed by atoms with van der Waals surface area (Å²) in [5.74, 6) is 0.113. The predicted octanol–water partition coefficient (Wildman–Crippen LogP) is 3.54. The number of benzene rings is 2. The van der Waals surface area contributed by atoms with E-state index in [4.69, 9.17) is 0 Å². The fourth-order valence-corrected chi connectivity index (χ4v) is 7.12. The molecule has 1 amide bonds. The molecule has 152 valence electrons. The lowest BCUT2D eigenvalue weighted by Crippen LogP contribution is -2.14. The molecule has 1 fully saturated rings. The van der Waals surface area contributed by atoms with Gasteiger partial charge in [-0.1, -0.05) is 23.9 Å². The number of rotatable bonds is 3. The Labute approximate surface area is 175 Å². The minimum atomic E-state index is -2.97. The number of sulfone groups is 1. The monoisotopic (exact) mass is 429 g/mol. The molecule has 0 radical (unpaired) electrons. The molecule has 1 saturated heterocycles. The fourth-order valence-electron chi connectivity index (χ4n) is 3.45. The number of aliphatic imine (C=N–C) groups is 1. The quantitative estimate of drug-likeness (QED) is 0.779. The van der Waals surface area contributed by atoms with Crippen molar-refractivity contribution in [3.63, 3.8) is 0 Å². The van der Waals surface area contributed by atoms with Crippen LogP contribution in [0.25, 0.3) is 0 Å². The normalized spacial score (nSPS) is 22.1. The molecule has 2 aromatic carbocycles. The Hall–Kier alpha value is -2.32. The van der Waals surface area contributed by atoms with Crippen molar-refractivity contribution >= 4 is 44.0 Å². The summed E-state index contributed by atoms with van der Waals surface area (Å²) in [5, 5.41) is 6.92. The van der Waals surface area contributed by atoms with Crippen LogP contribution >= 0.6 is 11.8 Å². The van der Waals surface area contributed by atoms with Crippen LogP contribution in [0.5, 0.6) is 0 Å². The first kappa shape index (κ1) is 20.0. The van der Waals surface area contributed by atoms with Gasteiger partial charge in [-0.2, -0.15) is 0 Å². The van der Waals surface area contributed by atoms with Crippen LogP contribution in [-0.4, -0.2) is 42.3 Å². The van der Waals surface area contributed by atoms with Gasteiger partial charge >= 0.3 is 0 Å². The zero-order valence-corrected chi connectivity index (χ0v) is 18.2. The van der Waals surface area contributed by atoms with Crippen LogP contribution in [-0.2, 0) is 9.84 Å². The van der Waals surface area contributed by atoms with Crippen molar-refractivity contribution < 1.29 is 13.2 Å². The highest BCUT2D eigenvalue weighted by molar-refractivity contribution is 8.15.